The number of benzene rings is 1. The van der Waals surface area contributed by atoms with Gasteiger partial charge in [-0.05, 0) is 52.8 Å². The van der Waals surface area contributed by atoms with E-state index in [1.54, 1.807) is 7.11 Å². The van der Waals surface area contributed by atoms with E-state index in [1.165, 1.54) is 11.1 Å². The Hall–Kier alpha value is 0.200. The Kier molecular flexibility index (Phi) is 3.80. The Morgan fingerprint density at radius 3 is 2.67 bits per heavy atom. The lowest BCUT2D eigenvalue weighted by atomic mass is 10.1. The van der Waals surface area contributed by atoms with Crippen molar-refractivity contribution in [1.29, 1.82) is 0 Å². The van der Waals surface area contributed by atoms with Crippen LogP contribution in [0.15, 0.2) is 18.2 Å². The minimum Gasteiger partial charge on any atom is -0.366 e. The molecule has 66 valence electrons. The largest absolute Gasteiger partial charge is 0.366 e. The molecule has 0 heterocycles. The molecule has 0 aliphatic heterocycles. The van der Waals surface area contributed by atoms with E-state index in [1.807, 2.05) is 25.1 Å². The summed E-state index contributed by atoms with van der Waals surface area (Å²) < 4.78 is 5.31. The maximum Gasteiger partial charge on any atom is 0.133 e. The van der Waals surface area contributed by atoms with Crippen LogP contribution in [0.2, 0.25) is 5.02 Å². The molecule has 0 N–H and O–H groups in total. The van der Waals surface area contributed by atoms with Gasteiger partial charge in [-0.1, -0.05) is 17.7 Å². The van der Waals surface area contributed by atoms with Crippen LogP contribution < -0.4 is 0 Å². The summed E-state index contributed by atoms with van der Waals surface area (Å²) in [5.74, 6) is 0. The third-order valence-corrected chi connectivity index (χ3v) is 3.10. The molecule has 0 spiro atoms. The van der Waals surface area contributed by atoms with E-state index in [0.717, 1.165) is 5.02 Å². The van der Waals surface area contributed by atoms with E-state index in [-0.39, 0.29) is 4.11 Å². The Balaban J connectivity index is 3.01. The zero-order valence-corrected chi connectivity index (χ0v) is 9.89. The molecule has 0 saturated heterocycles. The van der Waals surface area contributed by atoms with Crippen LogP contribution in [-0.4, -0.2) is 7.11 Å². The van der Waals surface area contributed by atoms with E-state index >= 15 is 0 Å². The van der Waals surface area contributed by atoms with Gasteiger partial charge in [0.15, 0.2) is 0 Å². The van der Waals surface area contributed by atoms with Crippen LogP contribution in [0, 0.1) is 6.92 Å². The molecule has 1 unspecified atom stereocenters. The zero-order valence-electron chi connectivity index (χ0n) is 6.97. The summed E-state index contributed by atoms with van der Waals surface area (Å²) in [6.45, 7) is 2.03. The predicted molar refractivity (Wildman–Crippen MR) is 60.0 cm³/mol. The summed E-state index contributed by atoms with van der Waals surface area (Å²) in [4.78, 5) is 0. The minimum atomic E-state index is 0.111. The van der Waals surface area contributed by atoms with Gasteiger partial charge in [-0.3, -0.25) is 0 Å². The standard InChI is InChI=1S/C9H10ClIO/c1-6-5-7(10)3-4-8(6)9(11)12-2/h3-5,9H,1-2H3. The van der Waals surface area contributed by atoms with Crippen molar-refractivity contribution in [2.24, 2.45) is 0 Å². The third-order valence-electron chi connectivity index (χ3n) is 1.68. The summed E-state index contributed by atoms with van der Waals surface area (Å²) in [6, 6.07) is 5.83. The molecule has 0 aliphatic carbocycles. The molecular weight excluding hydrogens is 286 g/mol. The molecule has 1 aromatic carbocycles. The predicted octanol–water partition coefficient (Wildman–Crippen LogP) is 3.73. The van der Waals surface area contributed by atoms with Crippen LogP contribution in [0.5, 0.6) is 0 Å². The molecule has 3 heteroatoms. The fourth-order valence-corrected chi connectivity index (χ4v) is 1.95. The first kappa shape index (κ1) is 10.3. The van der Waals surface area contributed by atoms with Crippen molar-refractivity contribution in [1.82, 2.24) is 0 Å². The molecule has 0 aliphatic rings. The number of rotatable bonds is 2. The molecule has 1 aromatic rings. The zero-order chi connectivity index (χ0) is 9.14. The Morgan fingerprint density at radius 2 is 2.17 bits per heavy atom. The van der Waals surface area contributed by atoms with Crippen LogP contribution in [0.4, 0.5) is 0 Å². The van der Waals surface area contributed by atoms with Gasteiger partial charge in [0.2, 0.25) is 0 Å². The van der Waals surface area contributed by atoms with Gasteiger partial charge < -0.3 is 4.74 Å². The highest BCUT2D eigenvalue weighted by atomic mass is 127. The maximum atomic E-state index is 5.82. The SMILES string of the molecule is COC(I)c1ccc(Cl)cc1C. The quantitative estimate of drug-likeness (QED) is 0.597. The van der Waals surface area contributed by atoms with Crippen molar-refractivity contribution in [2.75, 3.05) is 7.11 Å². The Morgan fingerprint density at radius 1 is 1.50 bits per heavy atom. The summed E-state index contributed by atoms with van der Waals surface area (Å²) >= 11 is 8.06. The number of hydrogen-bond acceptors (Lipinski definition) is 1. The van der Waals surface area contributed by atoms with Gasteiger partial charge in [-0.25, -0.2) is 0 Å². The summed E-state index contributed by atoms with van der Waals surface area (Å²) in [7, 11) is 1.70. The number of ether oxygens (including phenoxy) is 1. The smallest absolute Gasteiger partial charge is 0.133 e. The van der Waals surface area contributed by atoms with Crippen LogP contribution in [-0.2, 0) is 4.74 Å². The van der Waals surface area contributed by atoms with Gasteiger partial charge in [0.05, 0.1) is 0 Å². The molecule has 0 bridgehead atoms. The van der Waals surface area contributed by atoms with Crippen LogP contribution in [0.1, 0.15) is 15.2 Å². The average molecular weight is 297 g/mol. The summed E-state index contributed by atoms with van der Waals surface area (Å²) in [6.07, 6.45) is 0. The highest BCUT2D eigenvalue weighted by Crippen LogP contribution is 2.28. The topological polar surface area (TPSA) is 9.23 Å². The minimum absolute atomic E-state index is 0.111. The lowest BCUT2D eigenvalue weighted by Gasteiger charge is -2.11. The van der Waals surface area contributed by atoms with Crippen LogP contribution >= 0.6 is 34.2 Å². The van der Waals surface area contributed by atoms with Gasteiger partial charge in [-0.2, -0.15) is 0 Å². The van der Waals surface area contributed by atoms with Crippen molar-refractivity contribution in [3.8, 4) is 0 Å². The normalized spacial score (nSPS) is 13.0. The van der Waals surface area contributed by atoms with E-state index in [2.05, 4.69) is 22.6 Å². The second-order valence-corrected chi connectivity index (χ2v) is 4.12. The van der Waals surface area contributed by atoms with E-state index in [9.17, 15) is 0 Å². The van der Waals surface area contributed by atoms with Crippen molar-refractivity contribution in [2.45, 2.75) is 11.0 Å². The van der Waals surface area contributed by atoms with Gasteiger partial charge in [0.1, 0.15) is 4.11 Å². The molecule has 0 radical (unpaired) electrons. The molecular formula is C9H10ClIO. The average Bonchev–Trinajstić information content (AvgIpc) is 2.03. The van der Waals surface area contributed by atoms with Crippen LogP contribution in [0.25, 0.3) is 0 Å². The van der Waals surface area contributed by atoms with E-state index in [0.29, 0.717) is 0 Å². The second-order valence-electron chi connectivity index (χ2n) is 2.55. The summed E-state index contributed by atoms with van der Waals surface area (Å²) in [5, 5.41) is 0.774. The first-order valence-electron chi connectivity index (χ1n) is 3.58. The third kappa shape index (κ3) is 2.34. The van der Waals surface area contributed by atoms with Gasteiger partial charge in [0, 0.05) is 12.1 Å². The molecule has 1 rings (SSSR count). The first-order chi connectivity index (χ1) is 5.65. The van der Waals surface area contributed by atoms with Gasteiger partial charge in [0.25, 0.3) is 0 Å². The molecule has 1 atom stereocenters. The fraction of sp³-hybridized carbons (Fsp3) is 0.333. The molecule has 0 saturated carbocycles. The van der Waals surface area contributed by atoms with Crippen LogP contribution in [0.3, 0.4) is 0 Å². The number of halogens is 2. The summed E-state index contributed by atoms with van der Waals surface area (Å²) in [5.41, 5.74) is 2.35. The fourth-order valence-electron chi connectivity index (χ4n) is 1.02. The maximum absolute atomic E-state index is 5.82. The Labute approximate surface area is 91.2 Å². The van der Waals surface area contributed by atoms with Gasteiger partial charge >= 0.3 is 0 Å². The monoisotopic (exact) mass is 296 g/mol. The first-order valence-corrected chi connectivity index (χ1v) is 5.20. The number of hydrogen-bond donors (Lipinski definition) is 0. The van der Waals surface area contributed by atoms with E-state index < -0.39 is 0 Å². The lowest BCUT2D eigenvalue weighted by Crippen LogP contribution is -1.94. The second kappa shape index (κ2) is 4.44. The molecule has 12 heavy (non-hydrogen) atoms. The molecule has 0 aromatic heterocycles. The van der Waals surface area contributed by atoms with Crippen molar-refractivity contribution < 1.29 is 4.74 Å². The number of alkyl halides is 1. The van der Waals surface area contributed by atoms with Gasteiger partial charge in [-0.15, -0.1) is 0 Å². The molecule has 1 nitrogen and oxygen atoms in total. The van der Waals surface area contributed by atoms with Crippen molar-refractivity contribution in [3.05, 3.63) is 34.3 Å². The highest BCUT2D eigenvalue weighted by Gasteiger charge is 2.07. The Bertz CT molecular complexity index is 275. The van der Waals surface area contributed by atoms with Crippen molar-refractivity contribution in [3.63, 3.8) is 0 Å². The lowest BCUT2D eigenvalue weighted by molar-refractivity contribution is 0.188. The van der Waals surface area contributed by atoms with Crippen molar-refractivity contribution >= 4 is 34.2 Å². The highest BCUT2D eigenvalue weighted by molar-refractivity contribution is 14.1. The van der Waals surface area contributed by atoms with E-state index in [4.69, 9.17) is 16.3 Å². The molecule has 0 fully saturated rings. The molecule has 0 amide bonds. The number of aryl methyl sites for hydroxylation is 1. The number of methoxy groups -OCH3 is 1.